The Morgan fingerprint density at radius 3 is 2.28 bits per heavy atom. The zero-order valence-corrected chi connectivity index (χ0v) is 10.9. The zero-order chi connectivity index (χ0) is 12.5. The molecule has 0 nitrogen and oxygen atoms in total. The third kappa shape index (κ3) is 1.79. The summed E-state index contributed by atoms with van der Waals surface area (Å²) in [4.78, 5) is 0. The summed E-state index contributed by atoms with van der Waals surface area (Å²) in [5.74, 6) is 0. The van der Waals surface area contributed by atoms with Crippen LogP contribution in [0.5, 0.6) is 0 Å². The van der Waals surface area contributed by atoms with Crippen LogP contribution in [0.1, 0.15) is 5.56 Å². The summed E-state index contributed by atoms with van der Waals surface area (Å²) in [6.45, 7) is 2.07. The monoisotopic (exact) mass is 252 g/mol. The van der Waals surface area contributed by atoms with Crippen molar-refractivity contribution in [1.82, 2.24) is 0 Å². The zero-order valence-electron chi connectivity index (χ0n) is 10.2. The molecule has 18 heavy (non-hydrogen) atoms. The Kier molecular flexibility index (Phi) is 2.81. The van der Waals surface area contributed by atoms with Crippen LogP contribution in [0.2, 0.25) is 5.02 Å². The van der Waals surface area contributed by atoms with Gasteiger partial charge in [0.2, 0.25) is 0 Å². The van der Waals surface area contributed by atoms with E-state index in [0.717, 1.165) is 10.6 Å². The number of aryl methyl sites for hydroxylation is 1. The standard InChI is InChI=1S/C17H13Cl/c1-12-14-8-5-9-15(13-6-3-2-4-7-13)16(14)10-11-17(12)18/h2-11H,1H3. The van der Waals surface area contributed by atoms with Crippen molar-refractivity contribution in [3.8, 4) is 11.1 Å². The lowest BCUT2D eigenvalue weighted by Crippen LogP contribution is -1.84. The van der Waals surface area contributed by atoms with E-state index in [0.29, 0.717) is 0 Å². The van der Waals surface area contributed by atoms with E-state index in [1.165, 1.54) is 21.9 Å². The van der Waals surface area contributed by atoms with Crippen molar-refractivity contribution in [2.75, 3.05) is 0 Å². The van der Waals surface area contributed by atoms with Gasteiger partial charge in [0.25, 0.3) is 0 Å². The Balaban J connectivity index is 2.35. The van der Waals surface area contributed by atoms with Gasteiger partial charge in [0.1, 0.15) is 0 Å². The number of benzene rings is 3. The van der Waals surface area contributed by atoms with E-state index in [1.807, 2.05) is 12.1 Å². The molecule has 0 saturated heterocycles. The van der Waals surface area contributed by atoms with Crippen LogP contribution < -0.4 is 0 Å². The molecule has 0 aromatic heterocycles. The number of hydrogen-bond donors (Lipinski definition) is 0. The van der Waals surface area contributed by atoms with E-state index in [4.69, 9.17) is 11.6 Å². The Hall–Kier alpha value is -1.79. The smallest absolute Gasteiger partial charge is 0.0441 e. The van der Waals surface area contributed by atoms with E-state index in [1.54, 1.807) is 0 Å². The molecule has 0 radical (unpaired) electrons. The highest BCUT2D eigenvalue weighted by Gasteiger charge is 2.06. The maximum atomic E-state index is 6.19. The summed E-state index contributed by atoms with van der Waals surface area (Å²) in [6, 6.07) is 20.9. The lowest BCUT2D eigenvalue weighted by Gasteiger charge is -2.09. The molecule has 3 aromatic rings. The molecule has 0 atom stereocenters. The van der Waals surface area contributed by atoms with E-state index in [9.17, 15) is 0 Å². The van der Waals surface area contributed by atoms with Crippen LogP contribution in [0.3, 0.4) is 0 Å². The van der Waals surface area contributed by atoms with Gasteiger partial charge < -0.3 is 0 Å². The van der Waals surface area contributed by atoms with Gasteiger partial charge in [-0.1, -0.05) is 66.2 Å². The third-order valence-corrected chi connectivity index (χ3v) is 3.76. The van der Waals surface area contributed by atoms with Gasteiger partial charge in [0, 0.05) is 5.02 Å². The molecule has 0 N–H and O–H groups in total. The van der Waals surface area contributed by atoms with Gasteiger partial charge in [-0.05, 0) is 40.5 Å². The summed E-state index contributed by atoms with van der Waals surface area (Å²) < 4.78 is 0. The number of fused-ring (bicyclic) bond motifs is 1. The van der Waals surface area contributed by atoms with Crippen molar-refractivity contribution in [3.05, 3.63) is 71.2 Å². The van der Waals surface area contributed by atoms with Gasteiger partial charge in [-0.25, -0.2) is 0 Å². The van der Waals surface area contributed by atoms with Gasteiger partial charge in [-0.3, -0.25) is 0 Å². The maximum Gasteiger partial charge on any atom is 0.0441 e. The molecule has 0 aliphatic rings. The first-order valence-corrected chi connectivity index (χ1v) is 6.38. The molecule has 0 bridgehead atoms. The van der Waals surface area contributed by atoms with Crippen LogP contribution in [0.25, 0.3) is 21.9 Å². The molecular formula is C17H13Cl. The minimum atomic E-state index is 0.827. The number of rotatable bonds is 1. The van der Waals surface area contributed by atoms with Crippen LogP contribution in [0.15, 0.2) is 60.7 Å². The molecule has 0 aliphatic heterocycles. The largest absolute Gasteiger partial charge is 0.0840 e. The van der Waals surface area contributed by atoms with Crippen LogP contribution in [-0.4, -0.2) is 0 Å². The van der Waals surface area contributed by atoms with Gasteiger partial charge in [0.05, 0.1) is 0 Å². The molecule has 3 rings (SSSR count). The molecule has 1 heteroatoms. The van der Waals surface area contributed by atoms with E-state index in [-0.39, 0.29) is 0 Å². The third-order valence-electron chi connectivity index (χ3n) is 3.35. The van der Waals surface area contributed by atoms with E-state index >= 15 is 0 Å². The second kappa shape index (κ2) is 4.47. The molecule has 0 amide bonds. The quantitative estimate of drug-likeness (QED) is 0.539. The van der Waals surface area contributed by atoms with Gasteiger partial charge >= 0.3 is 0 Å². The SMILES string of the molecule is Cc1c(Cl)ccc2c(-c3ccccc3)cccc12. The van der Waals surface area contributed by atoms with Gasteiger partial charge in [-0.2, -0.15) is 0 Å². The van der Waals surface area contributed by atoms with E-state index in [2.05, 4.69) is 55.5 Å². The Labute approximate surface area is 112 Å². The highest BCUT2D eigenvalue weighted by atomic mass is 35.5. The summed E-state index contributed by atoms with van der Waals surface area (Å²) in [7, 11) is 0. The summed E-state index contributed by atoms with van der Waals surface area (Å²) in [5, 5.41) is 3.31. The highest BCUT2D eigenvalue weighted by Crippen LogP contribution is 2.32. The van der Waals surface area contributed by atoms with Crippen molar-refractivity contribution in [1.29, 1.82) is 0 Å². The van der Waals surface area contributed by atoms with Crippen molar-refractivity contribution < 1.29 is 0 Å². The lowest BCUT2D eigenvalue weighted by molar-refractivity contribution is 1.53. The number of hydrogen-bond acceptors (Lipinski definition) is 0. The van der Waals surface area contributed by atoms with Gasteiger partial charge in [-0.15, -0.1) is 0 Å². The Bertz CT molecular complexity index is 699. The predicted molar refractivity (Wildman–Crippen MR) is 79.1 cm³/mol. The van der Waals surface area contributed by atoms with Crippen LogP contribution in [0.4, 0.5) is 0 Å². The number of halogens is 1. The average Bonchev–Trinajstić information content (AvgIpc) is 2.43. The average molecular weight is 253 g/mol. The Morgan fingerprint density at radius 2 is 1.50 bits per heavy atom. The molecule has 88 valence electrons. The Morgan fingerprint density at radius 1 is 0.722 bits per heavy atom. The summed E-state index contributed by atoms with van der Waals surface area (Å²) in [5.41, 5.74) is 3.64. The second-order valence-corrected chi connectivity index (χ2v) is 4.85. The van der Waals surface area contributed by atoms with Crippen molar-refractivity contribution in [2.45, 2.75) is 6.92 Å². The van der Waals surface area contributed by atoms with Crippen molar-refractivity contribution in [3.63, 3.8) is 0 Å². The second-order valence-electron chi connectivity index (χ2n) is 4.44. The van der Waals surface area contributed by atoms with Crippen LogP contribution >= 0.6 is 11.6 Å². The molecule has 0 aliphatic carbocycles. The maximum absolute atomic E-state index is 6.19. The molecule has 0 unspecified atom stereocenters. The van der Waals surface area contributed by atoms with Crippen molar-refractivity contribution >= 4 is 22.4 Å². The lowest BCUT2D eigenvalue weighted by atomic mass is 9.96. The minimum Gasteiger partial charge on any atom is -0.0840 e. The molecule has 0 spiro atoms. The van der Waals surface area contributed by atoms with E-state index < -0.39 is 0 Å². The van der Waals surface area contributed by atoms with Crippen molar-refractivity contribution in [2.24, 2.45) is 0 Å². The highest BCUT2D eigenvalue weighted by molar-refractivity contribution is 6.32. The summed E-state index contributed by atoms with van der Waals surface area (Å²) >= 11 is 6.19. The fourth-order valence-electron chi connectivity index (χ4n) is 2.35. The fourth-order valence-corrected chi connectivity index (χ4v) is 2.52. The predicted octanol–water partition coefficient (Wildman–Crippen LogP) is 5.47. The van der Waals surface area contributed by atoms with Crippen LogP contribution in [-0.2, 0) is 0 Å². The first-order valence-electron chi connectivity index (χ1n) is 6.00. The minimum absolute atomic E-state index is 0.827. The van der Waals surface area contributed by atoms with Gasteiger partial charge in [0.15, 0.2) is 0 Å². The molecule has 0 fully saturated rings. The molecule has 0 saturated carbocycles. The topological polar surface area (TPSA) is 0 Å². The summed E-state index contributed by atoms with van der Waals surface area (Å²) in [6.07, 6.45) is 0. The van der Waals surface area contributed by atoms with Crippen LogP contribution in [0, 0.1) is 6.92 Å². The molecular weight excluding hydrogens is 240 g/mol. The fraction of sp³-hybridized carbons (Fsp3) is 0.0588. The molecule has 0 heterocycles. The normalized spacial score (nSPS) is 10.8. The first-order chi connectivity index (χ1) is 8.77. The first kappa shape index (κ1) is 11.3. The molecule has 3 aromatic carbocycles.